The van der Waals surface area contributed by atoms with E-state index in [0.29, 0.717) is 17.5 Å². The van der Waals surface area contributed by atoms with E-state index in [9.17, 15) is 0 Å². The van der Waals surface area contributed by atoms with Gasteiger partial charge in [0.15, 0.2) is 17.5 Å². The fraction of sp³-hybridized carbons (Fsp3) is 0. The Bertz CT molecular complexity index is 2840. The predicted molar refractivity (Wildman–Crippen MR) is 210 cm³/mol. The van der Waals surface area contributed by atoms with E-state index in [2.05, 4.69) is 97.1 Å². The lowest BCUT2D eigenvalue weighted by atomic mass is 9.99. The highest BCUT2D eigenvalue weighted by Gasteiger charge is 2.19. The number of aromatic nitrogens is 5. The normalized spacial score (nSPS) is 11.5. The molecule has 6 aromatic carbocycles. The van der Waals surface area contributed by atoms with Crippen molar-refractivity contribution in [1.82, 2.24) is 24.9 Å². The maximum atomic E-state index is 5.38. The molecule has 0 spiro atoms. The fourth-order valence-corrected chi connectivity index (χ4v) is 8.06. The number of rotatable bonds is 5. The second kappa shape index (κ2) is 12.1. The number of nitrogens with zero attached hydrogens (tertiary/aromatic N) is 5. The van der Waals surface area contributed by atoms with Crippen molar-refractivity contribution in [3.05, 3.63) is 164 Å². The molecule has 10 aromatic rings. The molecule has 0 bridgehead atoms. The molecule has 0 aliphatic carbocycles. The van der Waals surface area contributed by atoms with Crippen molar-refractivity contribution < 1.29 is 0 Å². The van der Waals surface area contributed by atoms with E-state index in [1.54, 1.807) is 11.3 Å². The van der Waals surface area contributed by atoms with Gasteiger partial charge in [0.2, 0.25) is 0 Å². The molecule has 4 aromatic heterocycles. The van der Waals surface area contributed by atoms with Gasteiger partial charge in [0.1, 0.15) is 5.69 Å². The Kier molecular flexibility index (Phi) is 6.93. The van der Waals surface area contributed by atoms with Crippen LogP contribution in [0.3, 0.4) is 0 Å². The first-order valence-corrected chi connectivity index (χ1v) is 17.7. The molecule has 0 atom stereocenters. The van der Waals surface area contributed by atoms with Gasteiger partial charge < -0.3 is 0 Å². The zero-order valence-corrected chi connectivity index (χ0v) is 28.0. The van der Waals surface area contributed by atoms with E-state index in [-0.39, 0.29) is 0 Å². The van der Waals surface area contributed by atoms with Crippen LogP contribution in [0.2, 0.25) is 0 Å². The number of benzene rings is 6. The van der Waals surface area contributed by atoms with Gasteiger partial charge in [-0.1, -0.05) is 140 Å². The van der Waals surface area contributed by atoms with Crippen LogP contribution in [0.15, 0.2) is 164 Å². The Morgan fingerprint density at radius 2 is 0.961 bits per heavy atom. The minimum absolute atomic E-state index is 0.620. The van der Waals surface area contributed by atoms with Crippen LogP contribution >= 0.6 is 11.3 Å². The van der Waals surface area contributed by atoms with Gasteiger partial charge in [-0.3, -0.25) is 4.98 Å². The number of hydrogen-bond donors (Lipinski definition) is 0. The standard InChI is InChI=1S/C45H27N5S/c1-3-12-30(13-4-1)43-48-44(31-14-5-2-6-15-31)50-45(49-43)32-21-19-29(20-22-32)38-27-37-35-17-9-10-18-39(35)51-42(37)41(47-38)40-36-24-23-28-11-7-8-16-33(28)34(36)25-26-46-40/h1-27H. The minimum atomic E-state index is 0.620. The zero-order valence-electron chi connectivity index (χ0n) is 27.2. The van der Waals surface area contributed by atoms with Crippen LogP contribution in [-0.2, 0) is 0 Å². The summed E-state index contributed by atoms with van der Waals surface area (Å²) >= 11 is 1.77. The predicted octanol–water partition coefficient (Wildman–Crippen LogP) is 11.7. The molecule has 0 aliphatic rings. The number of thiophene rings is 1. The van der Waals surface area contributed by atoms with Gasteiger partial charge in [0.25, 0.3) is 0 Å². The van der Waals surface area contributed by atoms with Gasteiger partial charge in [-0.2, -0.15) is 0 Å². The third-order valence-corrected chi connectivity index (χ3v) is 10.6. The molecule has 5 nitrogen and oxygen atoms in total. The molecule has 0 saturated heterocycles. The van der Waals surface area contributed by atoms with E-state index in [1.807, 2.05) is 66.9 Å². The van der Waals surface area contributed by atoms with Gasteiger partial charge >= 0.3 is 0 Å². The summed E-state index contributed by atoms with van der Waals surface area (Å²) < 4.78 is 2.36. The molecule has 0 radical (unpaired) electrons. The van der Waals surface area contributed by atoms with E-state index in [4.69, 9.17) is 24.9 Å². The van der Waals surface area contributed by atoms with E-state index in [1.165, 1.54) is 31.6 Å². The molecule has 238 valence electrons. The Morgan fingerprint density at radius 3 is 1.67 bits per heavy atom. The first kappa shape index (κ1) is 29.3. The monoisotopic (exact) mass is 669 g/mol. The zero-order chi connectivity index (χ0) is 33.7. The lowest BCUT2D eigenvalue weighted by molar-refractivity contribution is 1.07. The molecule has 0 fully saturated rings. The van der Waals surface area contributed by atoms with Crippen molar-refractivity contribution in [2.24, 2.45) is 0 Å². The number of fused-ring (bicyclic) bond motifs is 6. The van der Waals surface area contributed by atoms with Crippen LogP contribution in [0.1, 0.15) is 0 Å². The van der Waals surface area contributed by atoms with Crippen LogP contribution in [0.5, 0.6) is 0 Å². The van der Waals surface area contributed by atoms with Crippen LogP contribution in [0.4, 0.5) is 0 Å². The Labute approximate surface area is 297 Å². The van der Waals surface area contributed by atoms with E-state index >= 15 is 0 Å². The van der Waals surface area contributed by atoms with Crippen LogP contribution < -0.4 is 0 Å². The lowest BCUT2D eigenvalue weighted by Gasteiger charge is -2.12. The summed E-state index contributed by atoms with van der Waals surface area (Å²) in [6, 6.07) is 54.3. The molecular formula is C45H27N5S. The molecule has 4 heterocycles. The van der Waals surface area contributed by atoms with Gasteiger partial charge in [-0.15, -0.1) is 11.3 Å². The molecule has 0 unspecified atom stereocenters. The van der Waals surface area contributed by atoms with Crippen LogP contribution in [-0.4, -0.2) is 24.9 Å². The fourth-order valence-electron chi connectivity index (χ4n) is 6.89. The molecular weight excluding hydrogens is 643 g/mol. The SMILES string of the molecule is c1ccc(-c2nc(-c3ccccc3)nc(-c3ccc(-c4cc5c(sc6ccccc65)c(-c5nccc6c5ccc5ccccc56)n4)cc3)n2)cc1. The highest BCUT2D eigenvalue weighted by atomic mass is 32.1. The van der Waals surface area contributed by atoms with Crippen LogP contribution in [0, 0.1) is 0 Å². The van der Waals surface area contributed by atoms with Crippen LogP contribution in [0.25, 0.3) is 98.5 Å². The van der Waals surface area contributed by atoms with Crippen molar-refractivity contribution >= 4 is 53.1 Å². The Hall–Kier alpha value is -6.63. The summed E-state index contributed by atoms with van der Waals surface area (Å²) in [6.07, 6.45) is 1.91. The van der Waals surface area contributed by atoms with Gasteiger partial charge in [0, 0.05) is 49.3 Å². The van der Waals surface area contributed by atoms with Gasteiger partial charge in [0.05, 0.1) is 16.1 Å². The maximum Gasteiger partial charge on any atom is 0.164 e. The van der Waals surface area contributed by atoms with Crippen molar-refractivity contribution in [1.29, 1.82) is 0 Å². The first-order chi connectivity index (χ1) is 25.3. The van der Waals surface area contributed by atoms with Gasteiger partial charge in [-0.05, 0) is 34.4 Å². The molecule has 10 rings (SSSR count). The van der Waals surface area contributed by atoms with Crippen molar-refractivity contribution in [2.45, 2.75) is 0 Å². The van der Waals surface area contributed by atoms with Crippen molar-refractivity contribution in [3.63, 3.8) is 0 Å². The average Bonchev–Trinajstić information content (AvgIpc) is 3.59. The average molecular weight is 670 g/mol. The molecule has 6 heteroatoms. The quantitative estimate of drug-likeness (QED) is 0.171. The smallest absolute Gasteiger partial charge is 0.164 e. The summed E-state index contributed by atoms with van der Waals surface area (Å²) in [4.78, 5) is 25.1. The topological polar surface area (TPSA) is 64.5 Å². The third kappa shape index (κ3) is 5.12. The second-order valence-corrected chi connectivity index (χ2v) is 13.5. The Balaban J connectivity index is 1.13. The largest absolute Gasteiger partial charge is 0.254 e. The molecule has 51 heavy (non-hydrogen) atoms. The second-order valence-electron chi connectivity index (χ2n) is 12.5. The number of pyridine rings is 2. The summed E-state index contributed by atoms with van der Waals surface area (Å²) in [6.45, 7) is 0. The first-order valence-electron chi connectivity index (χ1n) is 16.8. The Morgan fingerprint density at radius 1 is 0.373 bits per heavy atom. The van der Waals surface area contributed by atoms with E-state index < -0.39 is 0 Å². The maximum absolute atomic E-state index is 5.38. The molecule has 0 N–H and O–H groups in total. The minimum Gasteiger partial charge on any atom is -0.254 e. The number of hydrogen-bond acceptors (Lipinski definition) is 6. The summed E-state index contributed by atoms with van der Waals surface area (Å²) in [5.41, 5.74) is 6.46. The van der Waals surface area contributed by atoms with Crippen molar-refractivity contribution in [3.8, 4) is 56.8 Å². The van der Waals surface area contributed by atoms with E-state index in [0.717, 1.165) is 49.4 Å². The highest BCUT2D eigenvalue weighted by Crippen LogP contribution is 2.42. The van der Waals surface area contributed by atoms with Gasteiger partial charge in [-0.25, -0.2) is 19.9 Å². The summed E-state index contributed by atoms with van der Waals surface area (Å²) in [7, 11) is 0. The molecule has 0 saturated carbocycles. The summed E-state index contributed by atoms with van der Waals surface area (Å²) in [5.74, 6) is 1.90. The lowest BCUT2D eigenvalue weighted by Crippen LogP contribution is -2.00. The summed E-state index contributed by atoms with van der Waals surface area (Å²) in [5, 5.41) is 7.08. The molecule has 0 amide bonds. The third-order valence-electron chi connectivity index (χ3n) is 9.40. The highest BCUT2D eigenvalue weighted by molar-refractivity contribution is 7.26. The van der Waals surface area contributed by atoms with Crippen molar-refractivity contribution in [2.75, 3.05) is 0 Å². The molecule has 0 aliphatic heterocycles.